The van der Waals surface area contributed by atoms with Crippen LogP contribution in [0, 0.1) is 0 Å². The first-order valence-corrected chi connectivity index (χ1v) is 4.19. The molecule has 0 radical (unpaired) electrons. The molecule has 0 amide bonds. The van der Waals surface area contributed by atoms with Crippen molar-refractivity contribution in [3.63, 3.8) is 0 Å². The van der Waals surface area contributed by atoms with E-state index >= 15 is 0 Å². The Labute approximate surface area is 76.7 Å². The molecular formula is C9H11ClO2. The van der Waals surface area contributed by atoms with Crippen LogP contribution in [-0.2, 0) is 0 Å². The third kappa shape index (κ3) is 2.13. The van der Waals surface area contributed by atoms with Crippen LogP contribution in [0.4, 0.5) is 0 Å². The van der Waals surface area contributed by atoms with Gasteiger partial charge in [0.1, 0.15) is 5.75 Å². The summed E-state index contributed by atoms with van der Waals surface area (Å²) in [5.41, 5.74) is 0.811. The van der Waals surface area contributed by atoms with Gasteiger partial charge < -0.3 is 9.84 Å². The van der Waals surface area contributed by atoms with Gasteiger partial charge in [0.25, 0.3) is 0 Å². The minimum atomic E-state index is -0.586. The molecule has 3 heteroatoms. The molecule has 66 valence electrons. The van der Waals surface area contributed by atoms with E-state index < -0.39 is 6.10 Å². The number of aliphatic hydroxyl groups excluding tert-OH is 1. The average molecular weight is 187 g/mol. The molecule has 1 N–H and O–H groups in total. The Morgan fingerprint density at radius 3 is 2.42 bits per heavy atom. The van der Waals surface area contributed by atoms with Crippen molar-refractivity contribution in [2.24, 2.45) is 0 Å². The second-order valence-electron chi connectivity index (χ2n) is 2.44. The van der Waals surface area contributed by atoms with Gasteiger partial charge in [-0.05, 0) is 17.7 Å². The van der Waals surface area contributed by atoms with Crippen LogP contribution < -0.4 is 4.74 Å². The van der Waals surface area contributed by atoms with Gasteiger partial charge in [-0.2, -0.15) is 0 Å². The first-order chi connectivity index (χ1) is 5.77. The Morgan fingerprint density at radius 1 is 1.42 bits per heavy atom. The summed E-state index contributed by atoms with van der Waals surface area (Å²) < 4.78 is 4.97. The molecule has 2 nitrogen and oxygen atoms in total. The number of aliphatic hydroxyl groups is 1. The van der Waals surface area contributed by atoms with Gasteiger partial charge in [-0.1, -0.05) is 12.1 Å². The molecule has 1 unspecified atom stereocenters. The molecule has 0 aromatic heterocycles. The zero-order valence-corrected chi connectivity index (χ0v) is 7.58. The van der Waals surface area contributed by atoms with Gasteiger partial charge in [0.05, 0.1) is 19.1 Å². The van der Waals surface area contributed by atoms with Crippen molar-refractivity contribution >= 4 is 11.6 Å². The number of rotatable bonds is 3. The molecule has 1 atom stereocenters. The lowest BCUT2D eigenvalue weighted by atomic mass is 10.1. The second-order valence-corrected chi connectivity index (χ2v) is 2.75. The van der Waals surface area contributed by atoms with Gasteiger partial charge in [0.2, 0.25) is 0 Å². The van der Waals surface area contributed by atoms with E-state index in [9.17, 15) is 5.11 Å². The zero-order valence-electron chi connectivity index (χ0n) is 6.83. The van der Waals surface area contributed by atoms with Gasteiger partial charge in [0.15, 0.2) is 0 Å². The minimum Gasteiger partial charge on any atom is -0.497 e. The fourth-order valence-corrected chi connectivity index (χ4v) is 1.09. The highest BCUT2D eigenvalue weighted by Crippen LogP contribution is 2.17. The van der Waals surface area contributed by atoms with Gasteiger partial charge in [0, 0.05) is 0 Å². The second kappa shape index (κ2) is 4.33. The summed E-state index contributed by atoms with van der Waals surface area (Å²) in [6.45, 7) is 0. The normalized spacial score (nSPS) is 12.6. The predicted octanol–water partition coefficient (Wildman–Crippen LogP) is 1.97. The number of methoxy groups -OCH3 is 1. The maximum Gasteiger partial charge on any atom is 0.118 e. The van der Waals surface area contributed by atoms with Crippen LogP contribution >= 0.6 is 11.6 Å². The third-order valence-electron chi connectivity index (χ3n) is 1.65. The Kier molecular flexibility index (Phi) is 3.38. The summed E-state index contributed by atoms with van der Waals surface area (Å²) in [6.07, 6.45) is -0.586. The predicted molar refractivity (Wildman–Crippen MR) is 48.7 cm³/mol. The largest absolute Gasteiger partial charge is 0.497 e. The van der Waals surface area contributed by atoms with Crippen molar-refractivity contribution in [2.45, 2.75) is 6.10 Å². The van der Waals surface area contributed by atoms with Crippen molar-refractivity contribution in [3.8, 4) is 5.75 Å². The van der Waals surface area contributed by atoms with Crippen LogP contribution in [0.25, 0.3) is 0 Å². The molecular weight excluding hydrogens is 176 g/mol. The summed E-state index contributed by atoms with van der Waals surface area (Å²) in [7, 11) is 1.60. The number of alkyl halides is 1. The Bertz CT molecular complexity index is 233. The number of hydrogen-bond donors (Lipinski definition) is 1. The van der Waals surface area contributed by atoms with Crippen LogP contribution in [0.3, 0.4) is 0 Å². The van der Waals surface area contributed by atoms with Gasteiger partial charge in [-0.3, -0.25) is 0 Å². The Hall–Kier alpha value is -0.730. The summed E-state index contributed by atoms with van der Waals surface area (Å²) in [5.74, 6) is 0.993. The topological polar surface area (TPSA) is 29.5 Å². The van der Waals surface area contributed by atoms with E-state index in [1.54, 1.807) is 31.4 Å². The summed E-state index contributed by atoms with van der Waals surface area (Å²) in [4.78, 5) is 0. The van der Waals surface area contributed by atoms with E-state index in [2.05, 4.69) is 0 Å². The van der Waals surface area contributed by atoms with Crippen LogP contribution in [0.2, 0.25) is 0 Å². The Balaban J connectivity index is 2.77. The van der Waals surface area contributed by atoms with Crippen LogP contribution in [0.1, 0.15) is 11.7 Å². The minimum absolute atomic E-state index is 0.215. The molecule has 0 aliphatic heterocycles. The van der Waals surface area contributed by atoms with Crippen LogP contribution in [-0.4, -0.2) is 18.1 Å². The first kappa shape index (κ1) is 9.36. The van der Waals surface area contributed by atoms with E-state index in [-0.39, 0.29) is 5.88 Å². The Morgan fingerprint density at radius 2 is 2.00 bits per heavy atom. The van der Waals surface area contributed by atoms with E-state index in [1.807, 2.05) is 0 Å². The van der Waals surface area contributed by atoms with Crippen molar-refractivity contribution < 1.29 is 9.84 Å². The summed E-state index contributed by atoms with van der Waals surface area (Å²) in [6, 6.07) is 7.19. The standard InChI is InChI=1S/C9H11ClO2/c1-12-8-4-2-7(3-5-8)9(11)6-10/h2-5,9,11H,6H2,1H3. The van der Waals surface area contributed by atoms with Crippen molar-refractivity contribution in [3.05, 3.63) is 29.8 Å². The maximum atomic E-state index is 9.32. The smallest absolute Gasteiger partial charge is 0.118 e. The highest BCUT2D eigenvalue weighted by Gasteiger charge is 2.04. The quantitative estimate of drug-likeness (QED) is 0.732. The lowest BCUT2D eigenvalue weighted by molar-refractivity contribution is 0.202. The van der Waals surface area contributed by atoms with E-state index in [1.165, 1.54) is 0 Å². The monoisotopic (exact) mass is 186 g/mol. The molecule has 0 saturated heterocycles. The van der Waals surface area contributed by atoms with Crippen molar-refractivity contribution in [2.75, 3.05) is 13.0 Å². The molecule has 0 heterocycles. The number of hydrogen-bond acceptors (Lipinski definition) is 2. The fourth-order valence-electron chi connectivity index (χ4n) is 0.915. The first-order valence-electron chi connectivity index (χ1n) is 3.66. The molecule has 1 aromatic rings. The molecule has 0 aliphatic carbocycles. The molecule has 1 aromatic carbocycles. The number of ether oxygens (including phenoxy) is 1. The van der Waals surface area contributed by atoms with Crippen LogP contribution in [0.5, 0.6) is 5.75 Å². The average Bonchev–Trinajstić information content (AvgIpc) is 2.17. The number of halogens is 1. The summed E-state index contributed by atoms with van der Waals surface area (Å²) in [5, 5.41) is 9.32. The molecule has 12 heavy (non-hydrogen) atoms. The van der Waals surface area contributed by atoms with E-state index in [4.69, 9.17) is 16.3 Å². The molecule has 0 fully saturated rings. The molecule has 0 spiro atoms. The molecule has 1 rings (SSSR count). The molecule has 0 bridgehead atoms. The van der Waals surface area contributed by atoms with Gasteiger partial charge in [-0.15, -0.1) is 11.6 Å². The number of benzene rings is 1. The fraction of sp³-hybridized carbons (Fsp3) is 0.333. The maximum absolute atomic E-state index is 9.32. The van der Waals surface area contributed by atoms with E-state index in [0.717, 1.165) is 11.3 Å². The van der Waals surface area contributed by atoms with E-state index in [0.29, 0.717) is 0 Å². The zero-order chi connectivity index (χ0) is 8.97. The highest BCUT2D eigenvalue weighted by atomic mass is 35.5. The van der Waals surface area contributed by atoms with Crippen molar-refractivity contribution in [1.29, 1.82) is 0 Å². The van der Waals surface area contributed by atoms with Gasteiger partial charge in [-0.25, -0.2) is 0 Å². The molecule has 0 aliphatic rings. The van der Waals surface area contributed by atoms with Crippen molar-refractivity contribution in [1.82, 2.24) is 0 Å². The van der Waals surface area contributed by atoms with Gasteiger partial charge >= 0.3 is 0 Å². The highest BCUT2D eigenvalue weighted by molar-refractivity contribution is 6.18. The lowest BCUT2D eigenvalue weighted by Gasteiger charge is -2.07. The molecule has 0 saturated carbocycles. The van der Waals surface area contributed by atoms with Crippen LogP contribution in [0.15, 0.2) is 24.3 Å². The SMILES string of the molecule is COc1ccc(C(O)CCl)cc1. The summed E-state index contributed by atoms with van der Waals surface area (Å²) >= 11 is 5.48. The third-order valence-corrected chi connectivity index (χ3v) is 1.94. The lowest BCUT2D eigenvalue weighted by Crippen LogP contribution is -1.97.